The topological polar surface area (TPSA) is 0 Å². The van der Waals surface area contributed by atoms with E-state index in [2.05, 4.69) is 132 Å². The maximum absolute atomic E-state index is 3.79. The Hall–Kier alpha value is -3.42. The van der Waals surface area contributed by atoms with Crippen molar-refractivity contribution in [1.29, 1.82) is 0 Å². The fraction of sp³-hybridized carbons (Fsp3) is 0.0625. The Morgan fingerprint density at radius 2 is 1.21 bits per heavy atom. The van der Waals surface area contributed by atoms with Crippen LogP contribution in [0.25, 0.3) is 33.4 Å². The number of fused-ring (bicyclic) bond motifs is 10. The van der Waals surface area contributed by atoms with Crippen LogP contribution in [0.3, 0.4) is 0 Å². The third kappa shape index (κ3) is 2.41. The van der Waals surface area contributed by atoms with E-state index in [1.807, 2.05) is 0 Å². The number of rotatable bonds is 1. The van der Waals surface area contributed by atoms with Gasteiger partial charge in [-0.05, 0) is 86.3 Å². The second-order valence-corrected chi connectivity index (χ2v) is 10.0. The van der Waals surface area contributed by atoms with Crippen LogP contribution in [0.4, 0.5) is 0 Å². The van der Waals surface area contributed by atoms with E-state index >= 15 is 0 Å². The fourth-order valence-corrected chi connectivity index (χ4v) is 6.56. The van der Waals surface area contributed by atoms with Crippen molar-refractivity contribution < 1.29 is 0 Å². The van der Waals surface area contributed by atoms with Crippen LogP contribution < -0.4 is 0 Å². The van der Waals surface area contributed by atoms with Crippen LogP contribution >= 0.6 is 15.9 Å². The highest BCUT2D eigenvalue weighted by molar-refractivity contribution is 9.10. The first kappa shape index (κ1) is 19.1. The Balaban J connectivity index is 1.66. The quantitative estimate of drug-likeness (QED) is 0.218. The summed E-state index contributed by atoms with van der Waals surface area (Å²) in [5, 5.41) is 0. The molecule has 0 bridgehead atoms. The lowest BCUT2D eigenvalue weighted by molar-refractivity contribution is 0.793. The highest BCUT2D eigenvalue weighted by Gasteiger charge is 2.52. The molecular formula is C32H21Br. The molecule has 0 radical (unpaired) electrons. The van der Waals surface area contributed by atoms with E-state index in [-0.39, 0.29) is 5.41 Å². The molecule has 1 spiro atoms. The van der Waals surface area contributed by atoms with Crippen LogP contribution in [0.15, 0.2) is 114 Å². The number of hydrogen-bond acceptors (Lipinski definition) is 0. The van der Waals surface area contributed by atoms with Gasteiger partial charge in [-0.25, -0.2) is 0 Å². The van der Waals surface area contributed by atoms with Gasteiger partial charge in [0.05, 0.1) is 5.41 Å². The van der Waals surface area contributed by atoms with Crippen LogP contribution in [-0.2, 0) is 5.41 Å². The summed E-state index contributed by atoms with van der Waals surface area (Å²) in [4.78, 5) is 0. The molecular weight excluding hydrogens is 464 g/mol. The molecule has 0 saturated heterocycles. The van der Waals surface area contributed by atoms with Gasteiger partial charge in [0.15, 0.2) is 0 Å². The highest BCUT2D eigenvalue weighted by atomic mass is 79.9. The average Bonchev–Trinajstić information content (AvgIpc) is 3.32. The van der Waals surface area contributed by atoms with Crippen LogP contribution in [-0.4, -0.2) is 0 Å². The first-order chi connectivity index (χ1) is 16.2. The molecule has 0 heterocycles. The Kier molecular flexibility index (Phi) is 3.93. The van der Waals surface area contributed by atoms with Crippen LogP contribution in [0.1, 0.15) is 27.8 Å². The summed E-state index contributed by atoms with van der Waals surface area (Å²) in [6, 6.07) is 40.4. The van der Waals surface area contributed by atoms with Gasteiger partial charge in [0.1, 0.15) is 0 Å². The highest BCUT2D eigenvalue weighted by Crippen LogP contribution is 2.63. The van der Waals surface area contributed by atoms with Crippen molar-refractivity contribution in [2.45, 2.75) is 12.3 Å². The van der Waals surface area contributed by atoms with Gasteiger partial charge in [0.2, 0.25) is 0 Å². The Morgan fingerprint density at radius 1 is 0.515 bits per heavy atom. The summed E-state index contributed by atoms with van der Waals surface area (Å²) >= 11 is 3.79. The first-order valence-electron chi connectivity index (χ1n) is 11.4. The Morgan fingerprint density at radius 3 is 2.09 bits per heavy atom. The lowest BCUT2D eigenvalue weighted by atomic mass is 9.70. The van der Waals surface area contributed by atoms with E-state index in [1.54, 1.807) is 0 Å². The molecule has 1 unspecified atom stereocenters. The van der Waals surface area contributed by atoms with Crippen molar-refractivity contribution in [2.24, 2.45) is 0 Å². The summed E-state index contributed by atoms with van der Waals surface area (Å²) in [7, 11) is 0. The Bertz CT molecular complexity index is 1580. The van der Waals surface area contributed by atoms with E-state index in [1.165, 1.54) is 61.2 Å². The van der Waals surface area contributed by atoms with Crippen molar-refractivity contribution >= 4 is 15.9 Å². The molecule has 5 aromatic rings. The maximum Gasteiger partial charge on any atom is 0.0726 e. The van der Waals surface area contributed by atoms with Crippen LogP contribution in [0, 0.1) is 6.92 Å². The molecule has 2 aliphatic rings. The zero-order chi connectivity index (χ0) is 22.2. The van der Waals surface area contributed by atoms with E-state index in [4.69, 9.17) is 0 Å². The second-order valence-electron chi connectivity index (χ2n) is 9.11. The van der Waals surface area contributed by atoms with Crippen LogP contribution in [0.2, 0.25) is 0 Å². The van der Waals surface area contributed by atoms with Gasteiger partial charge in [-0.1, -0.05) is 107 Å². The summed E-state index contributed by atoms with van der Waals surface area (Å²) in [5.41, 5.74) is 14.5. The third-order valence-electron chi connectivity index (χ3n) is 7.48. The standard InChI is InChI=1S/C32H21Br/c1-20-8-7-13-28-31(20)26-17-15-23(33)19-30(26)32(28)27-12-6-5-11-24(27)25-16-14-22(18-29(25)32)21-9-3-2-4-10-21/h2-19H,1H3. The normalized spacial score (nSPS) is 16.9. The molecule has 2 aliphatic carbocycles. The predicted octanol–water partition coefficient (Wildman–Crippen LogP) is 8.77. The monoisotopic (exact) mass is 484 g/mol. The summed E-state index contributed by atoms with van der Waals surface area (Å²) in [5.74, 6) is 0. The van der Waals surface area contributed by atoms with Gasteiger partial charge in [-0.15, -0.1) is 0 Å². The van der Waals surface area contributed by atoms with Crippen molar-refractivity contribution in [3.8, 4) is 33.4 Å². The summed E-state index contributed by atoms with van der Waals surface area (Å²) in [6.45, 7) is 2.24. The van der Waals surface area contributed by atoms with E-state index in [0.29, 0.717) is 0 Å². The van der Waals surface area contributed by atoms with Gasteiger partial charge in [0, 0.05) is 4.47 Å². The van der Waals surface area contributed by atoms with E-state index < -0.39 is 0 Å². The molecule has 33 heavy (non-hydrogen) atoms. The first-order valence-corrected chi connectivity index (χ1v) is 12.2. The molecule has 0 fully saturated rings. The molecule has 7 rings (SSSR count). The lowest BCUT2D eigenvalue weighted by Crippen LogP contribution is -2.26. The lowest BCUT2D eigenvalue weighted by Gasteiger charge is -2.31. The molecule has 0 N–H and O–H groups in total. The van der Waals surface area contributed by atoms with Gasteiger partial charge in [-0.3, -0.25) is 0 Å². The van der Waals surface area contributed by atoms with Gasteiger partial charge in [0.25, 0.3) is 0 Å². The molecule has 0 nitrogen and oxygen atoms in total. The minimum absolute atomic E-state index is 0.308. The average molecular weight is 485 g/mol. The number of aryl methyl sites for hydroxylation is 1. The number of halogens is 1. The molecule has 0 amide bonds. The smallest absolute Gasteiger partial charge is 0.0622 e. The van der Waals surface area contributed by atoms with Crippen molar-refractivity contribution in [1.82, 2.24) is 0 Å². The number of hydrogen-bond donors (Lipinski definition) is 0. The van der Waals surface area contributed by atoms with Crippen LogP contribution in [0.5, 0.6) is 0 Å². The molecule has 156 valence electrons. The third-order valence-corrected chi connectivity index (χ3v) is 7.98. The van der Waals surface area contributed by atoms with Crippen molar-refractivity contribution in [3.63, 3.8) is 0 Å². The molecule has 5 aromatic carbocycles. The minimum Gasteiger partial charge on any atom is -0.0622 e. The zero-order valence-corrected chi connectivity index (χ0v) is 19.9. The minimum atomic E-state index is -0.308. The van der Waals surface area contributed by atoms with E-state index in [9.17, 15) is 0 Å². The molecule has 0 aliphatic heterocycles. The Labute approximate surface area is 202 Å². The van der Waals surface area contributed by atoms with E-state index in [0.717, 1.165) is 4.47 Å². The summed E-state index contributed by atoms with van der Waals surface area (Å²) < 4.78 is 1.12. The molecule has 1 atom stereocenters. The van der Waals surface area contributed by atoms with Gasteiger partial charge < -0.3 is 0 Å². The fourth-order valence-electron chi connectivity index (χ4n) is 6.20. The van der Waals surface area contributed by atoms with Crippen molar-refractivity contribution in [3.05, 3.63) is 141 Å². The second kappa shape index (κ2) is 6.79. The maximum atomic E-state index is 3.79. The van der Waals surface area contributed by atoms with Gasteiger partial charge in [-0.2, -0.15) is 0 Å². The molecule has 1 heteroatoms. The SMILES string of the molecule is Cc1cccc2c1-c1ccc(Br)cc1C21c2ccccc2-c2ccc(-c3ccccc3)cc21. The largest absolute Gasteiger partial charge is 0.0726 e. The molecule has 0 aromatic heterocycles. The van der Waals surface area contributed by atoms with Gasteiger partial charge >= 0.3 is 0 Å². The predicted molar refractivity (Wildman–Crippen MR) is 141 cm³/mol. The molecule has 0 saturated carbocycles. The number of benzene rings is 5. The summed E-state index contributed by atoms with van der Waals surface area (Å²) in [6.07, 6.45) is 0. The van der Waals surface area contributed by atoms with Crippen molar-refractivity contribution in [2.75, 3.05) is 0 Å². The zero-order valence-electron chi connectivity index (χ0n) is 18.3.